The van der Waals surface area contributed by atoms with Gasteiger partial charge in [0.1, 0.15) is 0 Å². The van der Waals surface area contributed by atoms with E-state index in [-0.39, 0.29) is 33.8 Å². The fraction of sp³-hybridized carbons (Fsp3) is 0.500. The smallest absolute Gasteiger partial charge is 0.261 e. The zero-order valence-electron chi connectivity index (χ0n) is 14.2. The second-order valence-electron chi connectivity index (χ2n) is 6.76. The van der Waals surface area contributed by atoms with Crippen LogP contribution in [-0.2, 0) is 10.0 Å². The topological polar surface area (TPSA) is 95.6 Å². The molecular formula is C16H22ClN3O4S. The van der Waals surface area contributed by atoms with Gasteiger partial charge >= 0.3 is 0 Å². The summed E-state index contributed by atoms with van der Waals surface area (Å²) in [4.78, 5) is 24.9. The maximum absolute atomic E-state index is 12.6. The second kappa shape index (κ2) is 7.03. The molecule has 2 aliphatic heterocycles. The number of carbonyl (C=O) groups excluding carboxylic acids is 2. The highest BCUT2D eigenvalue weighted by Crippen LogP contribution is 2.28. The van der Waals surface area contributed by atoms with Crippen LogP contribution in [0.15, 0.2) is 23.1 Å². The van der Waals surface area contributed by atoms with E-state index >= 15 is 0 Å². The predicted molar refractivity (Wildman–Crippen MR) is 95.5 cm³/mol. The largest absolute Gasteiger partial charge is 0.317 e. The summed E-state index contributed by atoms with van der Waals surface area (Å²) in [5, 5.41) is 3.26. The van der Waals surface area contributed by atoms with Crippen molar-refractivity contribution in [3.8, 4) is 0 Å². The van der Waals surface area contributed by atoms with Gasteiger partial charge in [-0.25, -0.2) is 13.1 Å². The number of nitrogens with zero attached hydrogens (tertiary/aromatic N) is 1. The molecule has 1 saturated heterocycles. The lowest BCUT2D eigenvalue weighted by Gasteiger charge is -2.34. The number of fused-ring (bicyclic) bond motifs is 1. The Kier molecular flexibility index (Phi) is 5.58. The van der Waals surface area contributed by atoms with Crippen molar-refractivity contribution in [1.29, 1.82) is 0 Å². The monoisotopic (exact) mass is 387 g/mol. The molecule has 0 aliphatic carbocycles. The first kappa shape index (κ1) is 19.8. The van der Waals surface area contributed by atoms with E-state index < -0.39 is 21.8 Å². The van der Waals surface area contributed by atoms with Gasteiger partial charge in [-0.15, -0.1) is 12.4 Å². The Hall–Kier alpha value is -1.48. The van der Waals surface area contributed by atoms with E-state index in [0.29, 0.717) is 6.54 Å². The molecule has 0 radical (unpaired) electrons. The number of halogens is 1. The fourth-order valence-corrected chi connectivity index (χ4v) is 4.29. The molecule has 2 heterocycles. The highest BCUT2D eigenvalue weighted by Gasteiger charge is 2.34. The van der Waals surface area contributed by atoms with Crippen molar-refractivity contribution in [2.75, 3.05) is 26.7 Å². The highest BCUT2D eigenvalue weighted by atomic mass is 35.5. The Balaban J connectivity index is 0.00000225. The quantitative estimate of drug-likeness (QED) is 0.751. The van der Waals surface area contributed by atoms with Crippen LogP contribution in [0.2, 0.25) is 0 Å². The van der Waals surface area contributed by atoms with Gasteiger partial charge in [0.25, 0.3) is 11.8 Å². The van der Waals surface area contributed by atoms with Crippen molar-refractivity contribution >= 4 is 34.2 Å². The number of rotatable bonds is 4. The van der Waals surface area contributed by atoms with Crippen molar-refractivity contribution in [1.82, 2.24) is 14.9 Å². The Labute approximate surface area is 153 Å². The summed E-state index contributed by atoms with van der Waals surface area (Å²) in [6.45, 7) is 4.16. The third-order valence-electron chi connectivity index (χ3n) is 4.87. The van der Waals surface area contributed by atoms with Gasteiger partial charge in [-0.05, 0) is 49.5 Å². The minimum Gasteiger partial charge on any atom is -0.317 e. The molecule has 0 spiro atoms. The summed E-state index contributed by atoms with van der Waals surface area (Å²) in [5.41, 5.74) is 0.298. The summed E-state index contributed by atoms with van der Waals surface area (Å²) >= 11 is 0. The molecule has 2 aliphatic rings. The minimum absolute atomic E-state index is 0. The van der Waals surface area contributed by atoms with Crippen LogP contribution in [0.25, 0.3) is 0 Å². The zero-order valence-corrected chi connectivity index (χ0v) is 15.8. The average Bonchev–Trinajstić information content (AvgIpc) is 2.78. The molecule has 1 aromatic rings. The third kappa shape index (κ3) is 3.72. The van der Waals surface area contributed by atoms with Crippen LogP contribution in [0.1, 0.15) is 40.5 Å². The SMILES string of the molecule is CN1C(=O)c2ccc(S(=O)(=O)NCC3(C)CCNCC3)cc2C1=O.Cl. The van der Waals surface area contributed by atoms with Gasteiger partial charge in [0.15, 0.2) is 0 Å². The lowest BCUT2D eigenvalue weighted by atomic mass is 9.81. The molecule has 3 rings (SSSR count). The van der Waals surface area contributed by atoms with E-state index in [1.54, 1.807) is 0 Å². The van der Waals surface area contributed by atoms with Crippen LogP contribution in [0, 0.1) is 5.41 Å². The van der Waals surface area contributed by atoms with Crippen molar-refractivity contribution in [2.45, 2.75) is 24.7 Å². The Morgan fingerprint density at radius 2 is 1.76 bits per heavy atom. The van der Waals surface area contributed by atoms with Gasteiger partial charge in [0, 0.05) is 13.6 Å². The number of carbonyl (C=O) groups is 2. The predicted octanol–water partition coefficient (Wildman–Crippen LogP) is 1.00. The maximum atomic E-state index is 12.6. The van der Waals surface area contributed by atoms with Crippen LogP contribution in [0.4, 0.5) is 0 Å². The number of sulfonamides is 1. The molecule has 138 valence electrons. The molecule has 2 amide bonds. The molecule has 0 unspecified atom stereocenters. The van der Waals surface area contributed by atoms with Crippen molar-refractivity contribution in [3.05, 3.63) is 29.3 Å². The first-order chi connectivity index (χ1) is 11.2. The summed E-state index contributed by atoms with van der Waals surface area (Å²) in [5.74, 6) is -0.883. The summed E-state index contributed by atoms with van der Waals surface area (Å²) in [7, 11) is -2.35. The molecule has 0 atom stereocenters. The van der Waals surface area contributed by atoms with Gasteiger partial charge < -0.3 is 5.32 Å². The molecule has 0 saturated carbocycles. The number of hydrogen-bond donors (Lipinski definition) is 2. The second-order valence-corrected chi connectivity index (χ2v) is 8.53. The first-order valence-corrected chi connectivity index (χ1v) is 9.39. The highest BCUT2D eigenvalue weighted by molar-refractivity contribution is 7.89. The van der Waals surface area contributed by atoms with Gasteiger partial charge in [0.2, 0.25) is 10.0 Å². The fourth-order valence-electron chi connectivity index (χ4n) is 3.07. The molecular weight excluding hydrogens is 366 g/mol. The Morgan fingerprint density at radius 3 is 2.40 bits per heavy atom. The summed E-state index contributed by atoms with van der Waals surface area (Å²) in [6, 6.07) is 4.06. The maximum Gasteiger partial charge on any atom is 0.261 e. The van der Waals surface area contributed by atoms with Crippen LogP contribution >= 0.6 is 12.4 Å². The van der Waals surface area contributed by atoms with E-state index in [2.05, 4.69) is 17.0 Å². The number of benzene rings is 1. The van der Waals surface area contributed by atoms with Gasteiger partial charge in [-0.3, -0.25) is 14.5 Å². The van der Waals surface area contributed by atoms with E-state index in [4.69, 9.17) is 0 Å². The van der Waals surface area contributed by atoms with Crippen molar-refractivity contribution in [2.24, 2.45) is 5.41 Å². The van der Waals surface area contributed by atoms with E-state index in [0.717, 1.165) is 30.8 Å². The Bertz CT molecular complexity index is 804. The molecule has 7 nitrogen and oxygen atoms in total. The first-order valence-electron chi connectivity index (χ1n) is 7.90. The average molecular weight is 388 g/mol. The molecule has 9 heteroatoms. The standard InChI is InChI=1S/C16H21N3O4S.ClH/c1-16(5-7-17-8-6-16)10-18-24(22,23)11-3-4-12-13(9-11)15(21)19(2)14(12)20;/h3-4,9,17-18H,5-8,10H2,1-2H3;1H. The molecule has 2 N–H and O–H groups in total. The van der Waals surface area contributed by atoms with Crippen LogP contribution in [0.3, 0.4) is 0 Å². The minimum atomic E-state index is -3.73. The number of hydrogen-bond acceptors (Lipinski definition) is 5. The van der Waals surface area contributed by atoms with Crippen molar-refractivity contribution in [3.63, 3.8) is 0 Å². The van der Waals surface area contributed by atoms with Crippen molar-refractivity contribution < 1.29 is 18.0 Å². The van der Waals surface area contributed by atoms with Crippen LogP contribution in [-0.4, -0.2) is 51.8 Å². The molecule has 1 fully saturated rings. The number of piperidine rings is 1. The molecule has 0 bridgehead atoms. The van der Waals surface area contributed by atoms with Gasteiger partial charge in [-0.1, -0.05) is 6.92 Å². The van der Waals surface area contributed by atoms with Crippen LogP contribution in [0.5, 0.6) is 0 Å². The normalized spacial score (nSPS) is 19.5. The van der Waals surface area contributed by atoms with E-state index in [1.165, 1.54) is 25.2 Å². The van der Waals surface area contributed by atoms with E-state index in [1.807, 2.05) is 0 Å². The Morgan fingerprint density at radius 1 is 1.16 bits per heavy atom. The third-order valence-corrected chi connectivity index (χ3v) is 6.27. The lowest BCUT2D eigenvalue weighted by Crippen LogP contribution is -2.42. The van der Waals surface area contributed by atoms with Gasteiger partial charge in [0.05, 0.1) is 16.0 Å². The van der Waals surface area contributed by atoms with Gasteiger partial charge in [-0.2, -0.15) is 0 Å². The lowest BCUT2D eigenvalue weighted by molar-refractivity contribution is 0.0693. The van der Waals surface area contributed by atoms with Crippen LogP contribution < -0.4 is 10.0 Å². The number of imide groups is 1. The molecule has 0 aromatic heterocycles. The summed E-state index contributed by atoms with van der Waals surface area (Å²) < 4.78 is 27.7. The summed E-state index contributed by atoms with van der Waals surface area (Å²) in [6.07, 6.45) is 1.80. The zero-order chi connectivity index (χ0) is 17.5. The van der Waals surface area contributed by atoms with E-state index in [9.17, 15) is 18.0 Å². The number of amides is 2. The molecule has 25 heavy (non-hydrogen) atoms. The molecule has 1 aromatic carbocycles. The number of nitrogens with one attached hydrogen (secondary N) is 2.